The quantitative estimate of drug-likeness (QED) is 0.0261. The smallest absolute Gasteiger partial charge is 0.306 e. The predicted molar refractivity (Wildman–Crippen MR) is 352 cm³/mol. The van der Waals surface area contributed by atoms with Gasteiger partial charge in [-0.25, -0.2) is 0 Å². The first-order chi connectivity index (χ1) is 40.0. The van der Waals surface area contributed by atoms with Crippen molar-refractivity contribution in [2.45, 2.75) is 297 Å². The molecule has 0 fully saturated rings. The molecule has 81 heavy (non-hydrogen) atoms. The minimum atomic E-state index is -0.802. The molecule has 0 aliphatic carbocycles. The summed E-state index contributed by atoms with van der Waals surface area (Å²) in [5.41, 5.74) is 0. The van der Waals surface area contributed by atoms with Crippen LogP contribution in [0.25, 0.3) is 0 Å². The molecule has 6 nitrogen and oxygen atoms in total. The van der Waals surface area contributed by atoms with Gasteiger partial charge in [0.15, 0.2) is 6.10 Å². The SMILES string of the molecule is CC/C=C\C/C=C\C/C=C\C/C=C\CCCCCCCCCCCCCCC(=O)OCC(COC(=O)CCCCCC/C=C\C/C=C\C/C=C\C/C=C\CC)OC(=O)CCCCCCCCCC/C=C\C/C=C\C/C=C\C/C=C\CC. The molecule has 0 aliphatic heterocycles. The first-order valence-electron chi connectivity index (χ1n) is 33.3. The van der Waals surface area contributed by atoms with E-state index in [-0.39, 0.29) is 31.1 Å². The Balaban J connectivity index is 4.42. The number of allylic oxidation sites excluding steroid dienone is 24. The third-order valence-corrected chi connectivity index (χ3v) is 13.8. The predicted octanol–water partition coefficient (Wildman–Crippen LogP) is 23.1. The molecule has 0 saturated carbocycles. The van der Waals surface area contributed by atoms with Crippen molar-refractivity contribution < 1.29 is 28.6 Å². The van der Waals surface area contributed by atoms with E-state index in [1.165, 1.54) is 96.3 Å². The highest BCUT2D eigenvalue weighted by atomic mass is 16.6. The van der Waals surface area contributed by atoms with E-state index in [4.69, 9.17) is 14.2 Å². The van der Waals surface area contributed by atoms with Crippen molar-refractivity contribution in [1.29, 1.82) is 0 Å². The van der Waals surface area contributed by atoms with Gasteiger partial charge in [0.1, 0.15) is 13.2 Å². The lowest BCUT2D eigenvalue weighted by Gasteiger charge is -2.18. The van der Waals surface area contributed by atoms with Gasteiger partial charge in [-0.15, -0.1) is 0 Å². The molecule has 458 valence electrons. The molecule has 0 bridgehead atoms. The zero-order valence-corrected chi connectivity index (χ0v) is 52.5. The third kappa shape index (κ3) is 66.0. The Bertz CT molecular complexity index is 1760. The Kier molecular flexibility index (Phi) is 63.9. The number of ether oxygens (including phenoxy) is 3. The van der Waals surface area contributed by atoms with Crippen molar-refractivity contribution in [2.24, 2.45) is 0 Å². The number of esters is 3. The van der Waals surface area contributed by atoms with Crippen LogP contribution in [0.2, 0.25) is 0 Å². The van der Waals surface area contributed by atoms with Gasteiger partial charge < -0.3 is 14.2 Å². The standard InChI is InChI=1S/C75H122O6/c1-4-7-10-13-16-19-22-25-28-31-33-35-36-37-38-40-41-44-47-50-53-56-59-62-65-68-74(77)80-71-72(70-79-73(76)67-64-61-58-55-52-49-46-43-30-27-24-21-18-15-12-9-6-3)81-75(78)69-66-63-60-57-54-51-48-45-42-39-34-32-29-26-23-20-17-14-11-8-5-2/h7-12,16-21,25-30,33-35,39,46,49,72H,4-6,13-15,22-24,31-32,36-38,40-45,47-48,50-71H2,1-3H3/b10-7-,11-8-,12-9-,19-16-,20-17-,21-18-,28-25-,29-26-,30-27-,35-33-,39-34-,49-46-. The van der Waals surface area contributed by atoms with Crippen LogP contribution < -0.4 is 0 Å². The zero-order valence-electron chi connectivity index (χ0n) is 52.5. The molecule has 0 aromatic rings. The topological polar surface area (TPSA) is 78.9 Å². The molecule has 1 unspecified atom stereocenters. The van der Waals surface area contributed by atoms with Crippen molar-refractivity contribution in [3.63, 3.8) is 0 Å². The molecular formula is C75H122O6. The largest absolute Gasteiger partial charge is 0.462 e. The summed E-state index contributed by atoms with van der Waals surface area (Å²) >= 11 is 0. The van der Waals surface area contributed by atoms with E-state index < -0.39 is 6.10 Å². The Morgan fingerprint density at radius 1 is 0.247 bits per heavy atom. The van der Waals surface area contributed by atoms with Crippen molar-refractivity contribution in [3.05, 3.63) is 146 Å². The molecule has 0 aliphatic rings. The molecule has 0 saturated heterocycles. The minimum absolute atomic E-state index is 0.0945. The van der Waals surface area contributed by atoms with Crippen LogP contribution in [0.5, 0.6) is 0 Å². The fourth-order valence-electron chi connectivity index (χ4n) is 8.95. The molecule has 0 aromatic heterocycles. The van der Waals surface area contributed by atoms with E-state index in [0.717, 1.165) is 154 Å². The molecule has 6 heteroatoms. The Hall–Kier alpha value is -4.71. The van der Waals surface area contributed by atoms with Gasteiger partial charge in [0, 0.05) is 19.3 Å². The van der Waals surface area contributed by atoms with Crippen molar-refractivity contribution >= 4 is 17.9 Å². The van der Waals surface area contributed by atoms with Crippen LogP contribution in [0, 0.1) is 0 Å². The summed E-state index contributed by atoms with van der Waals surface area (Å²) in [6.07, 6.45) is 97.1. The van der Waals surface area contributed by atoms with E-state index in [0.29, 0.717) is 19.3 Å². The summed E-state index contributed by atoms with van der Waals surface area (Å²) in [4.78, 5) is 38.4. The highest BCUT2D eigenvalue weighted by Crippen LogP contribution is 2.16. The van der Waals surface area contributed by atoms with E-state index in [2.05, 4.69) is 167 Å². The second-order valence-electron chi connectivity index (χ2n) is 21.6. The monoisotopic (exact) mass is 1120 g/mol. The van der Waals surface area contributed by atoms with Crippen molar-refractivity contribution in [2.75, 3.05) is 13.2 Å². The Morgan fingerprint density at radius 3 is 0.691 bits per heavy atom. The molecule has 1 atom stereocenters. The lowest BCUT2D eigenvalue weighted by Crippen LogP contribution is -2.30. The van der Waals surface area contributed by atoms with Gasteiger partial charge in [0.25, 0.3) is 0 Å². The second-order valence-corrected chi connectivity index (χ2v) is 21.6. The number of hydrogen-bond acceptors (Lipinski definition) is 6. The third-order valence-electron chi connectivity index (χ3n) is 13.8. The summed E-state index contributed by atoms with van der Waals surface area (Å²) in [6, 6.07) is 0. The molecular weight excluding hydrogens is 997 g/mol. The fourth-order valence-corrected chi connectivity index (χ4v) is 8.95. The number of carbonyl (C=O) groups excluding carboxylic acids is 3. The average Bonchev–Trinajstić information content (AvgIpc) is 3.47. The van der Waals surface area contributed by atoms with Gasteiger partial charge in [-0.2, -0.15) is 0 Å². The van der Waals surface area contributed by atoms with Crippen LogP contribution in [0.15, 0.2) is 146 Å². The molecule has 0 heterocycles. The molecule has 0 N–H and O–H groups in total. The van der Waals surface area contributed by atoms with E-state index in [1.54, 1.807) is 0 Å². The van der Waals surface area contributed by atoms with E-state index >= 15 is 0 Å². The van der Waals surface area contributed by atoms with Gasteiger partial charge in [-0.1, -0.05) is 282 Å². The summed E-state index contributed by atoms with van der Waals surface area (Å²) in [7, 11) is 0. The van der Waals surface area contributed by atoms with Gasteiger partial charge in [-0.05, 0) is 135 Å². The van der Waals surface area contributed by atoms with Gasteiger partial charge in [-0.3, -0.25) is 14.4 Å². The number of unbranched alkanes of at least 4 members (excludes halogenated alkanes) is 24. The zero-order chi connectivity index (χ0) is 58.5. The summed E-state index contributed by atoms with van der Waals surface area (Å²) in [5.74, 6) is -0.925. The van der Waals surface area contributed by atoms with Crippen LogP contribution in [0.3, 0.4) is 0 Å². The van der Waals surface area contributed by atoms with Crippen LogP contribution in [-0.2, 0) is 28.6 Å². The maximum absolute atomic E-state index is 12.9. The highest BCUT2D eigenvalue weighted by molar-refractivity contribution is 5.71. The average molecular weight is 1120 g/mol. The van der Waals surface area contributed by atoms with E-state index in [9.17, 15) is 14.4 Å². The lowest BCUT2D eigenvalue weighted by atomic mass is 10.0. The van der Waals surface area contributed by atoms with Crippen LogP contribution in [0.1, 0.15) is 290 Å². The van der Waals surface area contributed by atoms with Crippen LogP contribution in [-0.4, -0.2) is 37.2 Å². The maximum Gasteiger partial charge on any atom is 0.306 e. The molecule has 0 amide bonds. The van der Waals surface area contributed by atoms with Crippen molar-refractivity contribution in [3.8, 4) is 0 Å². The molecule has 0 rings (SSSR count). The van der Waals surface area contributed by atoms with Crippen LogP contribution >= 0.6 is 0 Å². The number of carbonyl (C=O) groups is 3. The molecule has 0 spiro atoms. The molecule has 0 radical (unpaired) electrons. The summed E-state index contributed by atoms with van der Waals surface area (Å²) in [5, 5.41) is 0. The van der Waals surface area contributed by atoms with Gasteiger partial charge in [0.05, 0.1) is 0 Å². The van der Waals surface area contributed by atoms with Gasteiger partial charge in [0.2, 0.25) is 0 Å². The lowest BCUT2D eigenvalue weighted by molar-refractivity contribution is -0.167. The number of hydrogen-bond donors (Lipinski definition) is 0. The number of rotatable bonds is 59. The van der Waals surface area contributed by atoms with Crippen LogP contribution in [0.4, 0.5) is 0 Å². The molecule has 0 aromatic carbocycles. The Morgan fingerprint density at radius 2 is 0.444 bits per heavy atom. The Labute approximate surface area is 499 Å². The fraction of sp³-hybridized carbons (Fsp3) is 0.640. The first-order valence-corrected chi connectivity index (χ1v) is 33.3. The summed E-state index contributed by atoms with van der Waals surface area (Å²) < 4.78 is 16.9. The second kappa shape index (κ2) is 67.8. The van der Waals surface area contributed by atoms with Gasteiger partial charge >= 0.3 is 17.9 Å². The van der Waals surface area contributed by atoms with E-state index in [1.807, 2.05) is 0 Å². The first kappa shape index (κ1) is 76.3. The van der Waals surface area contributed by atoms with Crippen molar-refractivity contribution in [1.82, 2.24) is 0 Å². The minimum Gasteiger partial charge on any atom is -0.462 e. The normalized spacial score (nSPS) is 13.1. The summed E-state index contributed by atoms with van der Waals surface area (Å²) in [6.45, 7) is 6.29. The highest BCUT2D eigenvalue weighted by Gasteiger charge is 2.19. The maximum atomic E-state index is 12.9.